The molecule has 2 heteroatoms. The van der Waals surface area contributed by atoms with E-state index in [1.807, 2.05) is 91.0 Å². The van der Waals surface area contributed by atoms with Crippen molar-refractivity contribution in [3.05, 3.63) is 102 Å². The zero-order chi connectivity index (χ0) is 13.2. The largest absolute Gasteiger partial charge is 0.658 e. The van der Waals surface area contributed by atoms with Gasteiger partial charge in [0.1, 0.15) is 0 Å². The summed E-state index contributed by atoms with van der Waals surface area (Å²) in [7, 11) is 0. The standard InChI is InChI=1S/C12H10N.C6H5.Y/c1-3-7-11(8-4-1)13-12-9-5-2-6-10-12;1-2-4-6-5-3-1;/h1-10H;1-5H;/q2*-1;. The SMILES string of the molecule is [Y].[c-]1ccccc1.c1ccc([N-]c2ccccc2)cc1. The number of hydrogen-bond donors (Lipinski definition) is 0. The van der Waals surface area contributed by atoms with Crippen molar-refractivity contribution in [1.82, 2.24) is 0 Å². The molecule has 0 unspecified atom stereocenters. The molecule has 0 atom stereocenters. The second-order valence-corrected chi connectivity index (χ2v) is 3.86. The maximum atomic E-state index is 4.44. The van der Waals surface area contributed by atoms with Crippen LogP contribution < -0.4 is 0 Å². The van der Waals surface area contributed by atoms with Crippen LogP contribution in [0.15, 0.2) is 91.0 Å². The fraction of sp³-hybridized carbons (Fsp3) is 0. The Labute approximate surface area is 145 Å². The molecule has 0 fully saturated rings. The number of nitrogens with zero attached hydrogens (tertiary/aromatic N) is 1. The van der Waals surface area contributed by atoms with Crippen LogP contribution in [0.5, 0.6) is 0 Å². The maximum Gasteiger partial charge on any atom is 0 e. The van der Waals surface area contributed by atoms with Gasteiger partial charge in [-0.25, -0.2) is 0 Å². The van der Waals surface area contributed by atoms with Crippen LogP contribution in [0.1, 0.15) is 0 Å². The zero-order valence-corrected chi connectivity index (χ0v) is 14.0. The van der Waals surface area contributed by atoms with Gasteiger partial charge in [0.15, 0.2) is 0 Å². The Morgan fingerprint density at radius 3 is 1.25 bits per heavy atom. The minimum atomic E-state index is 0. The van der Waals surface area contributed by atoms with Crippen LogP contribution in [0, 0.1) is 6.07 Å². The van der Waals surface area contributed by atoms with Gasteiger partial charge in [0.2, 0.25) is 0 Å². The molecule has 97 valence electrons. The predicted molar refractivity (Wildman–Crippen MR) is 80.8 cm³/mol. The monoisotopic (exact) mass is 334 g/mol. The van der Waals surface area contributed by atoms with E-state index in [1.165, 1.54) is 0 Å². The fourth-order valence-corrected chi connectivity index (χ4v) is 1.50. The molecule has 1 radical (unpaired) electrons. The molecule has 1 nitrogen and oxygen atoms in total. The van der Waals surface area contributed by atoms with Gasteiger partial charge in [-0.05, 0) is 0 Å². The van der Waals surface area contributed by atoms with Crippen LogP contribution in [-0.2, 0) is 32.7 Å². The molecule has 0 heterocycles. The van der Waals surface area contributed by atoms with Crippen molar-refractivity contribution in [1.29, 1.82) is 0 Å². The van der Waals surface area contributed by atoms with E-state index >= 15 is 0 Å². The molecule has 0 aromatic heterocycles. The van der Waals surface area contributed by atoms with E-state index in [1.54, 1.807) is 0 Å². The summed E-state index contributed by atoms with van der Waals surface area (Å²) in [6, 6.07) is 32.4. The molecule has 0 aliphatic heterocycles. The Morgan fingerprint density at radius 1 is 0.550 bits per heavy atom. The number of hydrogen-bond acceptors (Lipinski definition) is 0. The molecule has 3 aromatic rings. The molecule has 0 amide bonds. The maximum absolute atomic E-state index is 4.44. The first-order valence-electron chi connectivity index (χ1n) is 6.18. The number of rotatable bonds is 2. The first-order chi connectivity index (χ1) is 9.45. The third-order valence-electron chi connectivity index (χ3n) is 2.38. The predicted octanol–water partition coefficient (Wildman–Crippen LogP) is 5.51. The van der Waals surface area contributed by atoms with Crippen LogP contribution in [0.2, 0.25) is 0 Å². The molecular weight excluding hydrogens is 319 g/mol. The van der Waals surface area contributed by atoms with Gasteiger partial charge in [-0.2, -0.15) is 36.4 Å². The minimum absolute atomic E-state index is 0. The normalized spacial score (nSPS) is 8.60. The van der Waals surface area contributed by atoms with Crippen molar-refractivity contribution in [2.75, 3.05) is 0 Å². The molecule has 0 saturated carbocycles. The summed E-state index contributed by atoms with van der Waals surface area (Å²) in [6.45, 7) is 0. The van der Waals surface area contributed by atoms with E-state index in [4.69, 9.17) is 0 Å². The summed E-state index contributed by atoms with van der Waals surface area (Å²) in [4.78, 5) is 0. The van der Waals surface area contributed by atoms with Crippen molar-refractivity contribution in [3.63, 3.8) is 0 Å². The van der Waals surface area contributed by atoms with Crippen LogP contribution in [-0.4, -0.2) is 0 Å². The molecule has 0 N–H and O–H groups in total. The van der Waals surface area contributed by atoms with E-state index in [-0.39, 0.29) is 32.7 Å². The van der Waals surface area contributed by atoms with Gasteiger partial charge >= 0.3 is 0 Å². The van der Waals surface area contributed by atoms with Crippen molar-refractivity contribution in [3.8, 4) is 0 Å². The summed E-state index contributed by atoms with van der Waals surface area (Å²) in [5.74, 6) is 0. The molecule has 3 rings (SSSR count). The second kappa shape index (κ2) is 10.4. The van der Waals surface area contributed by atoms with Crippen LogP contribution in [0.25, 0.3) is 5.32 Å². The van der Waals surface area contributed by atoms with Gasteiger partial charge in [0, 0.05) is 32.7 Å². The molecule has 0 aliphatic carbocycles. The van der Waals surface area contributed by atoms with E-state index in [0.29, 0.717) is 0 Å². The van der Waals surface area contributed by atoms with Gasteiger partial charge in [-0.1, -0.05) is 60.7 Å². The van der Waals surface area contributed by atoms with Crippen LogP contribution in [0.4, 0.5) is 11.4 Å². The first-order valence-corrected chi connectivity index (χ1v) is 6.18. The molecular formula is C18H15NY-2. The van der Waals surface area contributed by atoms with Crippen LogP contribution in [0.3, 0.4) is 0 Å². The summed E-state index contributed by atoms with van der Waals surface area (Å²) in [6.07, 6.45) is 0. The number of benzene rings is 3. The summed E-state index contributed by atoms with van der Waals surface area (Å²) >= 11 is 0. The Kier molecular flexibility index (Phi) is 8.61. The van der Waals surface area contributed by atoms with Gasteiger partial charge in [-0.3, -0.25) is 0 Å². The van der Waals surface area contributed by atoms with Crippen molar-refractivity contribution < 1.29 is 32.7 Å². The minimum Gasteiger partial charge on any atom is -0.658 e. The quantitative estimate of drug-likeness (QED) is 0.549. The Balaban J connectivity index is 0.000000243. The van der Waals surface area contributed by atoms with E-state index in [9.17, 15) is 0 Å². The zero-order valence-electron chi connectivity index (χ0n) is 11.2. The second-order valence-electron chi connectivity index (χ2n) is 3.86. The average Bonchev–Trinajstić information content (AvgIpc) is 2.52. The van der Waals surface area contributed by atoms with E-state index < -0.39 is 0 Å². The summed E-state index contributed by atoms with van der Waals surface area (Å²) in [5, 5.41) is 4.44. The smallest absolute Gasteiger partial charge is 0 e. The fourth-order valence-electron chi connectivity index (χ4n) is 1.50. The van der Waals surface area contributed by atoms with Crippen molar-refractivity contribution >= 4 is 11.4 Å². The first kappa shape index (κ1) is 16.6. The molecule has 20 heavy (non-hydrogen) atoms. The third-order valence-corrected chi connectivity index (χ3v) is 2.38. The average molecular weight is 334 g/mol. The van der Waals surface area contributed by atoms with Crippen molar-refractivity contribution in [2.45, 2.75) is 0 Å². The summed E-state index contributed by atoms with van der Waals surface area (Å²) < 4.78 is 0. The van der Waals surface area contributed by atoms with Crippen molar-refractivity contribution in [2.24, 2.45) is 0 Å². The van der Waals surface area contributed by atoms with E-state index in [2.05, 4.69) is 11.4 Å². The topological polar surface area (TPSA) is 14.1 Å². The Hall–Kier alpha value is -1.44. The molecule has 0 bridgehead atoms. The third kappa shape index (κ3) is 6.65. The van der Waals surface area contributed by atoms with Crippen LogP contribution >= 0.6 is 0 Å². The number of para-hydroxylation sites is 2. The van der Waals surface area contributed by atoms with Gasteiger partial charge < -0.3 is 5.32 Å². The van der Waals surface area contributed by atoms with E-state index in [0.717, 1.165) is 11.4 Å². The molecule has 0 spiro atoms. The molecule has 0 saturated heterocycles. The Morgan fingerprint density at radius 2 is 0.950 bits per heavy atom. The molecule has 3 aromatic carbocycles. The van der Waals surface area contributed by atoms with Gasteiger partial charge in [0.05, 0.1) is 0 Å². The Bertz CT molecular complexity index is 488. The molecule has 0 aliphatic rings. The van der Waals surface area contributed by atoms with Gasteiger partial charge in [0.25, 0.3) is 0 Å². The summed E-state index contributed by atoms with van der Waals surface area (Å²) in [5.41, 5.74) is 1.99. The van der Waals surface area contributed by atoms with Gasteiger partial charge in [-0.15, -0.1) is 11.4 Å².